The summed E-state index contributed by atoms with van der Waals surface area (Å²) in [5.74, 6) is 0.778. The van der Waals surface area contributed by atoms with Crippen molar-refractivity contribution in [2.75, 3.05) is 24.7 Å². The van der Waals surface area contributed by atoms with E-state index in [1.54, 1.807) is 18.9 Å². The molecule has 3 rings (SSSR count). The number of para-hydroxylation sites is 1. The summed E-state index contributed by atoms with van der Waals surface area (Å²) in [6.07, 6.45) is -0.296. The molecule has 0 spiro atoms. The number of nitrogens with one attached hydrogen (secondary N) is 1. The van der Waals surface area contributed by atoms with Gasteiger partial charge in [0.25, 0.3) is 5.91 Å². The molecule has 1 aromatic rings. The first-order chi connectivity index (χ1) is 9.29. The standard InChI is InChI=1S/C13H15N3O2S/c1-18-12-10(14-9-5-3-2-4-6-9)11(17)15-13-16(12)7-8-19-13/h2-6,10,12,14H,7-8H2,1H3. The number of nitrogens with zero attached hydrogens (tertiary/aromatic N) is 2. The summed E-state index contributed by atoms with van der Waals surface area (Å²) >= 11 is 1.60. The lowest BCUT2D eigenvalue weighted by Gasteiger charge is -2.36. The van der Waals surface area contributed by atoms with Crippen molar-refractivity contribution in [1.29, 1.82) is 0 Å². The normalized spacial score (nSPS) is 26.1. The van der Waals surface area contributed by atoms with Crippen LogP contribution in [0.15, 0.2) is 35.3 Å². The molecule has 0 radical (unpaired) electrons. The Morgan fingerprint density at radius 2 is 2.21 bits per heavy atom. The number of benzene rings is 1. The van der Waals surface area contributed by atoms with E-state index in [0.717, 1.165) is 23.2 Å². The lowest BCUT2D eigenvalue weighted by atomic mass is 10.1. The lowest BCUT2D eigenvalue weighted by Crippen LogP contribution is -2.55. The van der Waals surface area contributed by atoms with Crippen LogP contribution in [0.1, 0.15) is 0 Å². The maximum absolute atomic E-state index is 12.1. The van der Waals surface area contributed by atoms with Gasteiger partial charge in [-0.3, -0.25) is 4.79 Å². The summed E-state index contributed by atoms with van der Waals surface area (Å²) in [5, 5.41) is 3.99. The van der Waals surface area contributed by atoms with Crippen molar-refractivity contribution in [2.24, 2.45) is 4.99 Å². The van der Waals surface area contributed by atoms with Crippen molar-refractivity contribution < 1.29 is 9.53 Å². The summed E-state index contributed by atoms with van der Waals surface area (Å²) < 4.78 is 5.51. The second-order valence-corrected chi connectivity index (χ2v) is 5.45. The first kappa shape index (κ1) is 12.5. The zero-order valence-electron chi connectivity index (χ0n) is 10.6. The Hall–Kier alpha value is -1.53. The molecular weight excluding hydrogens is 262 g/mol. The van der Waals surface area contributed by atoms with Gasteiger partial charge in [-0.2, -0.15) is 4.99 Å². The molecule has 100 valence electrons. The maximum atomic E-state index is 12.1. The SMILES string of the molecule is COC1C(Nc2ccccc2)C(=O)N=C2SCCN21. The smallest absolute Gasteiger partial charge is 0.275 e. The number of ether oxygens (including phenoxy) is 1. The van der Waals surface area contributed by atoms with Gasteiger partial charge in [0.1, 0.15) is 0 Å². The highest BCUT2D eigenvalue weighted by Crippen LogP contribution is 2.28. The first-order valence-electron chi connectivity index (χ1n) is 6.16. The van der Waals surface area contributed by atoms with Crippen molar-refractivity contribution in [2.45, 2.75) is 12.3 Å². The van der Waals surface area contributed by atoms with Crippen molar-refractivity contribution >= 4 is 28.5 Å². The number of hydrogen-bond acceptors (Lipinski definition) is 5. The average Bonchev–Trinajstić information content (AvgIpc) is 2.88. The van der Waals surface area contributed by atoms with E-state index in [2.05, 4.69) is 10.3 Å². The number of carbonyl (C=O) groups excluding carboxylic acids is 1. The van der Waals surface area contributed by atoms with Crippen molar-refractivity contribution in [3.8, 4) is 0 Å². The molecule has 1 fully saturated rings. The van der Waals surface area contributed by atoms with E-state index in [0.29, 0.717) is 0 Å². The van der Waals surface area contributed by atoms with Crippen molar-refractivity contribution in [3.05, 3.63) is 30.3 Å². The average molecular weight is 277 g/mol. The van der Waals surface area contributed by atoms with Crippen LogP contribution < -0.4 is 5.32 Å². The number of aliphatic imine (C=N–C) groups is 1. The summed E-state index contributed by atoms with van der Waals surface area (Å²) in [4.78, 5) is 18.3. The Kier molecular flexibility index (Phi) is 3.44. The molecule has 1 saturated heterocycles. The molecule has 2 unspecified atom stereocenters. The number of carbonyl (C=O) groups is 1. The Morgan fingerprint density at radius 1 is 1.42 bits per heavy atom. The molecule has 1 aromatic carbocycles. The van der Waals surface area contributed by atoms with E-state index >= 15 is 0 Å². The Balaban J connectivity index is 1.85. The van der Waals surface area contributed by atoms with Crippen LogP contribution in [-0.2, 0) is 9.53 Å². The Labute approximate surface area is 116 Å². The van der Waals surface area contributed by atoms with Gasteiger partial charge in [-0.15, -0.1) is 0 Å². The molecular formula is C13H15N3O2S. The van der Waals surface area contributed by atoms with Gasteiger partial charge >= 0.3 is 0 Å². The number of hydrogen-bond donors (Lipinski definition) is 1. The molecule has 6 heteroatoms. The highest BCUT2D eigenvalue weighted by Gasteiger charge is 2.41. The fraction of sp³-hybridized carbons (Fsp3) is 0.385. The van der Waals surface area contributed by atoms with Gasteiger partial charge in [-0.1, -0.05) is 30.0 Å². The minimum atomic E-state index is -0.463. The summed E-state index contributed by atoms with van der Waals surface area (Å²) in [6.45, 7) is 0.863. The third kappa shape index (κ3) is 2.33. The van der Waals surface area contributed by atoms with Crippen LogP contribution in [0.4, 0.5) is 5.69 Å². The number of amides is 1. The summed E-state index contributed by atoms with van der Waals surface area (Å²) in [6, 6.07) is 9.19. The van der Waals surface area contributed by atoms with Gasteiger partial charge in [0.15, 0.2) is 17.4 Å². The van der Waals surface area contributed by atoms with Gasteiger partial charge in [0, 0.05) is 25.1 Å². The maximum Gasteiger partial charge on any atom is 0.275 e. The molecule has 2 aliphatic heterocycles. The van der Waals surface area contributed by atoms with Crippen LogP contribution >= 0.6 is 11.8 Å². The third-order valence-corrected chi connectivity index (χ3v) is 4.18. The van der Waals surface area contributed by atoms with Crippen molar-refractivity contribution in [1.82, 2.24) is 4.90 Å². The quantitative estimate of drug-likeness (QED) is 0.904. The van der Waals surface area contributed by atoms with Crippen LogP contribution in [0.3, 0.4) is 0 Å². The summed E-state index contributed by atoms with van der Waals surface area (Å²) in [7, 11) is 1.63. The molecule has 1 N–H and O–H groups in total. The molecule has 19 heavy (non-hydrogen) atoms. The lowest BCUT2D eigenvalue weighted by molar-refractivity contribution is -0.125. The van der Waals surface area contributed by atoms with Crippen molar-refractivity contribution in [3.63, 3.8) is 0 Å². The van der Waals surface area contributed by atoms with E-state index in [1.807, 2.05) is 35.2 Å². The van der Waals surface area contributed by atoms with Gasteiger partial charge in [0.2, 0.25) is 0 Å². The minimum Gasteiger partial charge on any atom is -0.370 e. The molecule has 2 aliphatic rings. The number of anilines is 1. The zero-order chi connectivity index (χ0) is 13.2. The van der Waals surface area contributed by atoms with Gasteiger partial charge < -0.3 is 15.0 Å². The van der Waals surface area contributed by atoms with Crippen LogP contribution in [0.25, 0.3) is 0 Å². The molecule has 0 aromatic heterocycles. The molecule has 1 amide bonds. The fourth-order valence-corrected chi connectivity index (χ4v) is 3.31. The fourth-order valence-electron chi connectivity index (χ4n) is 2.32. The molecule has 5 nitrogen and oxygen atoms in total. The summed E-state index contributed by atoms with van der Waals surface area (Å²) in [5.41, 5.74) is 0.897. The monoisotopic (exact) mass is 277 g/mol. The number of methoxy groups -OCH3 is 1. The second kappa shape index (κ2) is 5.22. The van der Waals surface area contributed by atoms with E-state index < -0.39 is 6.04 Å². The predicted molar refractivity (Wildman–Crippen MR) is 76.3 cm³/mol. The third-order valence-electron chi connectivity index (χ3n) is 3.21. The first-order valence-corrected chi connectivity index (χ1v) is 7.14. The Morgan fingerprint density at radius 3 is 2.95 bits per heavy atom. The number of amidine groups is 1. The number of rotatable bonds is 3. The van der Waals surface area contributed by atoms with E-state index in [1.165, 1.54) is 0 Å². The van der Waals surface area contributed by atoms with Gasteiger partial charge in [-0.05, 0) is 12.1 Å². The van der Waals surface area contributed by atoms with Crippen LogP contribution in [0.5, 0.6) is 0 Å². The van der Waals surface area contributed by atoms with Crippen LogP contribution in [0.2, 0.25) is 0 Å². The molecule has 0 saturated carbocycles. The van der Waals surface area contributed by atoms with Crippen LogP contribution in [0, 0.1) is 0 Å². The molecule has 2 heterocycles. The Bertz CT molecular complexity index is 506. The largest absolute Gasteiger partial charge is 0.370 e. The number of thioether (sulfide) groups is 1. The second-order valence-electron chi connectivity index (χ2n) is 4.39. The molecule has 0 aliphatic carbocycles. The van der Waals surface area contributed by atoms with Crippen LogP contribution in [-0.4, -0.2) is 47.7 Å². The predicted octanol–water partition coefficient (Wildman–Crippen LogP) is 1.38. The number of fused-ring (bicyclic) bond motifs is 1. The van der Waals surface area contributed by atoms with E-state index in [4.69, 9.17) is 4.74 Å². The zero-order valence-corrected chi connectivity index (χ0v) is 11.4. The van der Waals surface area contributed by atoms with E-state index in [9.17, 15) is 4.79 Å². The molecule has 2 atom stereocenters. The minimum absolute atomic E-state index is 0.170. The van der Waals surface area contributed by atoms with Gasteiger partial charge in [-0.25, -0.2) is 0 Å². The highest BCUT2D eigenvalue weighted by molar-refractivity contribution is 8.14. The van der Waals surface area contributed by atoms with E-state index in [-0.39, 0.29) is 12.1 Å². The molecule has 0 bridgehead atoms. The topological polar surface area (TPSA) is 53.9 Å². The highest BCUT2D eigenvalue weighted by atomic mass is 32.2. The van der Waals surface area contributed by atoms with Gasteiger partial charge in [0.05, 0.1) is 0 Å².